The number of ether oxygens (including phenoxy) is 2. The number of nitrogens with two attached hydrogens (primary N) is 1. The highest BCUT2D eigenvalue weighted by Gasteiger charge is 2.50. The number of rotatable bonds is 3. The van der Waals surface area contributed by atoms with Crippen LogP contribution in [-0.4, -0.2) is 67.6 Å². The fourth-order valence-electron chi connectivity index (χ4n) is 4.04. The number of pyridine rings is 1. The van der Waals surface area contributed by atoms with E-state index in [1.165, 1.54) is 0 Å². The Morgan fingerprint density at radius 3 is 2.37 bits per heavy atom. The van der Waals surface area contributed by atoms with Crippen LogP contribution in [0, 0.1) is 5.41 Å². The molecule has 5 heterocycles. The van der Waals surface area contributed by atoms with Crippen LogP contribution in [0.2, 0.25) is 0 Å². The molecule has 3 fully saturated rings. The third-order valence-electron chi connectivity index (χ3n) is 5.69. The van der Waals surface area contributed by atoms with E-state index in [1.807, 2.05) is 9.80 Å². The van der Waals surface area contributed by atoms with Crippen LogP contribution in [0.15, 0.2) is 18.3 Å². The molecule has 2 N–H and O–H groups in total. The van der Waals surface area contributed by atoms with Crippen LogP contribution in [0.1, 0.15) is 5.56 Å². The predicted molar refractivity (Wildman–Crippen MR) is 103 cm³/mol. The van der Waals surface area contributed by atoms with Gasteiger partial charge in [0.15, 0.2) is 0 Å². The molecule has 11 heteroatoms. The molecule has 0 aliphatic carbocycles. The van der Waals surface area contributed by atoms with Gasteiger partial charge >= 0.3 is 6.18 Å². The van der Waals surface area contributed by atoms with E-state index < -0.39 is 11.7 Å². The quantitative estimate of drug-likeness (QED) is 0.801. The summed E-state index contributed by atoms with van der Waals surface area (Å²) in [5.74, 6) is 0.800. The maximum Gasteiger partial charge on any atom is 0.417 e. The van der Waals surface area contributed by atoms with Gasteiger partial charge in [-0.25, -0.2) is 9.97 Å². The van der Waals surface area contributed by atoms with Gasteiger partial charge in [0.05, 0.1) is 43.1 Å². The zero-order valence-corrected chi connectivity index (χ0v) is 16.2. The fraction of sp³-hybridized carbons (Fsp3) is 0.526. The standard InChI is InChI=1S/C19H21F3N6O2/c20-19(21,22)13-5-15(23)24-7-12(13)14-6-16(27-1-3-29-4-2-27)26-17(25-14)28-8-18(9-28)10-30-11-18/h5-7H,1-4,8-11H2,(H2,23,24). The molecule has 8 nitrogen and oxygen atoms in total. The summed E-state index contributed by atoms with van der Waals surface area (Å²) < 4.78 is 51.7. The monoisotopic (exact) mass is 422 g/mol. The molecule has 0 radical (unpaired) electrons. The number of nitrogens with zero attached hydrogens (tertiary/aromatic N) is 5. The maximum absolute atomic E-state index is 13.7. The van der Waals surface area contributed by atoms with E-state index in [9.17, 15) is 13.2 Å². The topological polar surface area (TPSA) is 89.6 Å². The second kappa shape index (κ2) is 6.95. The van der Waals surface area contributed by atoms with Gasteiger partial charge in [-0.05, 0) is 6.07 Å². The summed E-state index contributed by atoms with van der Waals surface area (Å²) in [5.41, 5.74) is 4.85. The average Bonchev–Trinajstić information content (AvgIpc) is 2.65. The fourth-order valence-corrected chi connectivity index (χ4v) is 4.04. The molecule has 3 saturated heterocycles. The maximum atomic E-state index is 13.7. The molecule has 0 saturated carbocycles. The van der Waals surface area contributed by atoms with Crippen LogP contribution in [0.5, 0.6) is 0 Å². The highest BCUT2D eigenvalue weighted by atomic mass is 19.4. The summed E-state index contributed by atoms with van der Waals surface area (Å²) in [6, 6.07) is 2.43. The normalized spacial score (nSPS) is 20.8. The second-order valence-electron chi connectivity index (χ2n) is 8.01. The van der Waals surface area contributed by atoms with Crippen molar-refractivity contribution in [3.63, 3.8) is 0 Å². The van der Waals surface area contributed by atoms with Gasteiger partial charge in [-0.3, -0.25) is 0 Å². The van der Waals surface area contributed by atoms with Crippen molar-refractivity contribution >= 4 is 17.6 Å². The molecule has 5 rings (SSSR count). The number of morpholine rings is 1. The van der Waals surface area contributed by atoms with Crippen LogP contribution < -0.4 is 15.5 Å². The molecule has 0 aromatic carbocycles. The predicted octanol–water partition coefficient (Wildman–Crippen LogP) is 1.81. The summed E-state index contributed by atoms with van der Waals surface area (Å²) in [6.45, 7) is 5.14. The Morgan fingerprint density at radius 2 is 1.73 bits per heavy atom. The molecular weight excluding hydrogens is 401 g/mol. The first kappa shape index (κ1) is 19.3. The lowest BCUT2D eigenvalue weighted by Gasteiger charge is -2.55. The lowest BCUT2D eigenvalue weighted by Crippen LogP contribution is -2.66. The minimum Gasteiger partial charge on any atom is -0.384 e. The third-order valence-corrected chi connectivity index (χ3v) is 5.69. The Bertz CT molecular complexity index is 952. The Morgan fingerprint density at radius 1 is 1.00 bits per heavy atom. The Labute approximate surface area is 170 Å². The van der Waals surface area contributed by atoms with Crippen molar-refractivity contribution in [3.05, 3.63) is 23.9 Å². The molecule has 3 aliphatic rings. The molecule has 0 unspecified atom stereocenters. The SMILES string of the molecule is Nc1cc(C(F)(F)F)c(-c2cc(N3CCOCC3)nc(N3CC4(COC4)C3)n2)cn1. The summed E-state index contributed by atoms with van der Waals surface area (Å²) in [7, 11) is 0. The molecule has 0 bridgehead atoms. The number of anilines is 3. The minimum atomic E-state index is -4.58. The first-order valence-corrected chi connectivity index (χ1v) is 9.71. The van der Waals surface area contributed by atoms with E-state index in [4.69, 9.17) is 15.2 Å². The summed E-state index contributed by atoms with van der Waals surface area (Å²) in [6.07, 6.45) is -3.45. The van der Waals surface area contributed by atoms with E-state index in [1.54, 1.807) is 6.07 Å². The van der Waals surface area contributed by atoms with Gasteiger partial charge in [0.1, 0.15) is 11.6 Å². The second-order valence-corrected chi connectivity index (χ2v) is 8.01. The number of halogens is 3. The zero-order chi connectivity index (χ0) is 20.9. The van der Waals surface area contributed by atoms with Crippen LogP contribution in [-0.2, 0) is 15.7 Å². The molecule has 30 heavy (non-hydrogen) atoms. The molecule has 1 spiro atoms. The van der Waals surface area contributed by atoms with Gasteiger partial charge in [0.2, 0.25) is 5.95 Å². The lowest BCUT2D eigenvalue weighted by atomic mass is 9.78. The van der Waals surface area contributed by atoms with E-state index in [-0.39, 0.29) is 22.5 Å². The molecular formula is C19H21F3N6O2. The van der Waals surface area contributed by atoms with Gasteiger partial charge in [0, 0.05) is 44.0 Å². The Hall–Kier alpha value is -2.66. The van der Waals surface area contributed by atoms with Crippen molar-refractivity contribution in [3.8, 4) is 11.3 Å². The molecule has 0 atom stereocenters. The Balaban J connectivity index is 1.57. The number of aromatic nitrogens is 3. The summed E-state index contributed by atoms with van der Waals surface area (Å²) >= 11 is 0. The van der Waals surface area contributed by atoms with Gasteiger partial charge in [0.25, 0.3) is 0 Å². The van der Waals surface area contributed by atoms with Crippen molar-refractivity contribution in [2.45, 2.75) is 6.18 Å². The molecule has 160 valence electrons. The summed E-state index contributed by atoms with van der Waals surface area (Å²) in [4.78, 5) is 17.0. The zero-order valence-electron chi connectivity index (χ0n) is 16.2. The summed E-state index contributed by atoms with van der Waals surface area (Å²) in [5, 5.41) is 0. The van der Waals surface area contributed by atoms with Crippen LogP contribution in [0.3, 0.4) is 0 Å². The number of nitrogen functional groups attached to an aromatic ring is 1. The van der Waals surface area contributed by atoms with E-state index >= 15 is 0 Å². The third kappa shape index (κ3) is 3.41. The number of hydrogen-bond acceptors (Lipinski definition) is 8. The first-order valence-electron chi connectivity index (χ1n) is 9.71. The number of hydrogen-bond donors (Lipinski definition) is 1. The van der Waals surface area contributed by atoms with Gasteiger partial charge in [-0.15, -0.1) is 0 Å². The molecule has 3 aliphatic heterocycles. The van der Waals surface area contributed by atoms with E-state index in [2.05, 4.69) is 15.0 Å². The van der Waals surface area contributed by atoms with Gasteiger partial charge in [-0.1, -0.05) is 0 Å². The highest BCUT2D eigenvalue weighted by Crippen LogP contribution is 2.41. The minimum absolute atomic E-state index is 0.114. The van der Waals surface area contributed by atoms with Crippen molar-refractivity contribution in [2.24, 2.45) is 5.41 Å². The van der Waals surface area contributed by atoms with E-state index in [0.717, 1.165) is 25.4 Å². The first-order chi connectivity index (χ1) is 14.3. The van der Waals surface area contributed by atoms with Crippen molar-refractivity contribution in [1.82, 2.24) is 15.0 Å². The van der Waals surface area contributed by atoms with Crippen molar-refractivity contribution in [1.29, 1.82) is 0 Å². The van der Waals surface area contributed by atoms with E-state index in [0.29, 0.717) is 51.3 Å². The average molecular weight is 422 g/mol. The van der Waals surface area contributed by atoms with Crippen molar-refractivity contribution in [2.75, 3.05) is 68.1 Å². The Kier molecular flexibility index (Phi) is 4.47. The highest BCUT2D eigenvalue weighted by molar-refractivity contribution is 5.69. The molecule has 0 amide bonds. The molecule has 2 aromatic heterocycles. The van der Waals surface area contributed by atoms with Crippen LogP contribution in [0.25, 0.3) is 11.3 Å². The largest absolute Gasteiger partial charge is 0.417 e. The van der Waals surface area contributed by atoms with Gasteiger partial charge < -0.3 is 25.0 Å². The van der Waals surface area contributed by atoms with Crippen LogP contribution >= 0.6 is 0 Å². The number of alkyl halides is 3. The lowest BCUT2D eigenvalue weighted by molar-refractivity contribution is -0.137. The smallest absolute Gasteiger partial charge is 0.384 e. The molecule has 2 aromatic rings. The van der Waals surface area contributed by atoms with Crippen molar-refractivity contribution < 1.29 is 22.6 Å². The van der Waals surface area contributed by atoms with Crippen LogP contribution in [0.4, 0.5) is 30.8 Å². The van der Waals surface area contributed by atoms with Gasteiger partial charge in [-0.2, -0.15) is 18.2 Å².